The van der Waals surface area contributed by atoms with Crippen LogP contribution in [-0.2, 0) is 4.74 Å². The highest BCUT2D eigenvalue weighted by molar-refractivity contribution is 5.19. The van der Waals surface area contributed by atoms with Crippen molar-refractivity contribution in [2.75, 3.05) is 32.8 Å². The summed E-state index contributed by atoms with van der Waals surface area (Å²) in [5.74, 6) is 0.572. The first-order valence-electron chi connectivity index (χ1n) is 7.83. The van der Waals surface area contributed by atoms with Crippen LogP contribution >= 0.6 is 0 Å². The fourth-order valence-corrected chi connectivity index (χ4v) is 2.85. The van der Waals surface area contributed by atoms with Crippen LogP contribution in [0.3, 0.4) is 0 Å². The van der Waals surface area contributed by atoms with Crippen LogP contribution in [0, 0.1) is 5.92 Å². The van der Waals surface area contributed by atoms with Crippen LogP contribution in [0.5, 0.6) is 0 Å². The van der Waals surface area contributed by atoms with Crippen LogP contribution in [0.1, 0.15) is 32.4 Å². The number of benzene rings is 1. The van der Waals surface area contributed by atoms with E-state index in [4.69, 9.17) is 4.74 Å². The fourth-order valence-electron chi connectivity index (χ4n) is 2.85. The first-order chi connectivity index (χ1) is 9.70. The van der Waals surface area contributed by atoms with Gasteiger partial charge in [0.15, 0.2) is 0 Å². The number of rotatable bonds is 6. The molecule has 0 saturated carbocycles. The molecule has 1 aromatic rings. The lowest BCUT2D eigenvalue weighted by Gasteiger charge is -2.33. The minimum Gasteiger partial charge on any atom is -0.374 e. The van der Waals surface area contributed by atoms with Gasteiger partial charge in [0, 0.05) is 25.7 Å². The van der Waals surface area contributed by atoms with Crippen molar-refractivity contribution in [1.82, 2.24) is 10.2 Å². The van der Waals surface area contributed by atoms with Gasteiger partial charge in [-0.1, -0.05) is 51.1 Å². The lowest BCUT2D eigenvalue weighted by atomic mass is 9.96. The van der Waals surface area contributed by atoms with Crippen molar-refractivity contribution in [2.45, 2.75) is 32.9 Å². The average Bonchev–Trinajstić information content (AvgIpc) is 2.48. The van der Waals surface area contributed by atoms with Gasteiger partial charge in [0.1, 0.15) is 0 Å². The Morgan fingerprint density at radius 1 is 1.30 bits per heavy atom. The largest absolute Gasteiger partial charge is 0.374 e. The second-order valence-electron chi connectivity index (χ2n) is 5.93. The van der Waals surface area contributed by atoms with Crippen molar-refractivity contribution in [3.8, 4) is 0 Å². The molecule has 3 nitrogen and oxygen atoms in total. The standard InChI is InChI=1S/C17H28N2O/c1-4-19-10-11-20-16(13-19)12-18-17(14(2)3)15-8-6-5-7-9-15/h5-9,14,16-18H,4,10-13H2,1-3H3. The van der Waals surface area contributed by atoms with E-state index in [0.717, 1.165) is 32.8 Å². The highest BCUT2D eigenvalue weighted by Crippen LogP contribution is 2.21. The summed E-state index contributed by atoms with van der Waals surface area (Å²) >= 11 is 0. The van der Waals surface area contributed by atoms with Gasteiger partial charge in [-0.05, 0) is 18.0 Å². The van der Waals surface area contributed by atoms with Crippen LogP contribution in [0.25, 0.3) is 0 Å². The van der Waals surface area contributed by atoms with Crippen LogP contribution in [0.2, 0.25) is 0 Å². The number of nitrogens with zero attached hydrogens (tertiary/aromatic N) is 1. The zero-order valence-corrected chi connectivity index (χ0v) is 13.0. The van der Waals surface area contributed by atoms with Gasteiger partial charge < -0.3 is 10.1 Å². The molecule has 2 atom stereocenters. The second kappa shape index (κ2) is 7.77. The predicted octanol–water partition coefficient (Wildman–Crippen LogP) is 2.69. The van der Waals surface area contributed by atoms with Gasteiger partial charge >= 0.3 is 0 Å². The summed E-state index contributed by atoms with van der Waals surface area (Å²) in [5.41, 5.74) is 1.37. The van der Waals surface area contributed by atoms with E-state index < -0.39 is 0 Å². The SMILES string of the molecule is CCN1CCOC(CNC(c2ccccc2)C(C)C)C1. The molecule has 112 valence electrons. The molecule has 20 heavy (non-hydrogen) atoms. The van der Waals surface area contributed by atoms with Crippen LogP contribution in [0.4, 0.5) is 0 Å². The van der Waals surface area contributed by atoms with Gasteiger partial charge in [0.25, 0.3) is 0 Å². The van der Waals surface area contributed by atoms with E-state index in [2.05, 4.69) is 61.3 Å². The van der Waals surface area contributed by atoms with Crippen molar-refractivity contribution in [3.05, 3.63) is 35.9 Å². The van der Waals surface area contributed by atoms with Gasteiger partial charge in [0.05, 0.1) is 12.7 Å². The lowest BCUT2D eigenvalue weighted by Crippen LogP contribution is -2.47. The van der Waals surface area contributed by atoms with Crippen molar-refractivity contribution in [2.24, 2.45) is 5.92 Å². The summed E-state index contributed by atoms with van der Waals surface area (Å²) in [6.07, 6.45) is 0.314. The van der Waals surface area contributed by atoms with Gasteiger partial charge in [-0.25, -0.2) is 0 Å². The van der Waals surface area contributed by atoms with Crippen molar-refractivity contribution in [3.63, 3.8) is 0 Å². The molecule has 1 aliphatic rings. The fraction of sp³-hybridized carbons (Fsp3) is 0.647. The number of ether oxygens (including phenoxy) is 1. The van der Waals surface area contributed by atoms with Gasteiger partial charge in [-0.3, -0.25) is 4.90 Å². The summed E-state index contributed by atoms with van der Waals surface area (Å²) in [4.78, 5) is 2.46. The molecule has 0 bridgehead atoms. The zero-order valence-electron chi connectivity index (χ0n) is 13.0. The number of morpholine rings is 1. The molecule has 3 heteroatoms. The summed E-state index contributed by atoms with van der Waals surface area (Å²) < 4.78 is 5.87. The van der Waals surface area contributed by atoms with Crippen molar-refractivity contribution >= 4 is 0 Å². The molecular formula is C17H28N2O. The lowest BCUT2D eigenvalue weighted by molar-refractivity contribution is -0.0269. The van der Waals surface area contributed by atoms with E-state index in [1.807, 2.05) is 0 Å². The van der Waals surface area contributed by atoms with E-state index in [-0.39, 0.29) is 0 Å². The first-order valence-corrected chi connectivity index (χ1v) is 7.83. The van der Waals surface area contributed by atoms with Crippen molar-refractivity contribution < 1.29 is 4.74 Å². The number of hydrogen-bond donors (Lipinski definition) is 1. The monoisotopic (exact) mass is 276 g/mol. The second-order valence-corrected chi connectivity index (χ2v) is 5.93. The molecule has 1 aliphatic heterocycles. The smallest absolute Gasteiger partial charge is 0.0826 e. The highest BCUT2D eigenvalue weighted by atomic mass is 16.5. The minimum absolute atomic E-state index is 0.314. The van der Waals surface area contributed by atoms with Gasteiger partial charge in [-0.2, -0.15) is 0 Å². The number of likely N-dealkylation sites (N-methyl/N-ethyl adjacent to an activating group) is 1. The highest BCUT2D eigenvalue weighted by Gasteiger charge is 2.21. The van der Waals surface area contributed by atoms with Crippen LogP contribution in [-0.4, -0.2) is 43.8 Å². The zero-order chi connectivity index (χ0) is 14.4. The van der Waals surface area contributed by atoms with Crippen LogP contribution in [0.15, 0.2) is 30.3 Å². The molecular weight excluding hydrogens is 248 g/mol. The normalized spacial score (nSPS) is 22.1. The van der Waals surface area contributed by atoms with Gasteiger partial charge in [0.2, 0.25) is 0 Å². The maximum Gasteiger partial charge on any atom is 0.0826 e. The molecule has 1 saturated heterocycles. The van der Waals surface area contributed by atoms with E-state index in [1.165, 1.54) is 5.56 Å². The maximum atomic E-state index is 5.87. The van der Waals surface area contributed by atoms with Crippen molar-refractivity contribution in [1.29, 1.82) is 0 Å². The molecule has 2 rings (SSSR count). The molecule has 0 amide bonds. The molecule has 1 aromatic carbocycles. The van der Waals surface area contributed by atoms with Crippen LogP contribution < -0.4 is 5.32 Å². The Hall–Kier alpha value is -0.900. The summed E-state index contributed by atoms with van der Waals surface area (Å²) in [5, 5.41) is 3.70. The molecule has 0 spiro atoms. The molecule has 0 aliphatic carbocycles. The Labute approximate surface area is 123 Å². The molecule has 0 aromatic heterocycles. The Balaban J connectivity index is 1.89. The van der Waals surface area contributed by atoms with E-state index in [9.17, 15) is 0 Å². The molecule has 1 N–H and O–H groups in total. The summed E-state index contributed by atoms with van der Waals surface area (Å²) in [6.45, 7) is 11.8. The molecule has 0 radical (unpaired) electrons. The van der Waals surface area contributed by atoms with E-state index in [1.54, 1.807) is 0 Å². The van der Waals surface area contributed by atoms with Gasteiger partial charge in [-0.15, -0.1) is 0 Å². The number of hydrogen-bond acceptors (Lipinski definition) is 3. The summed E-state index contributed by atoms with van der Waals surface area (Å²) in [7, 11) is 0. The van der Waals surface area contributed by atoms with E-state index >= 15 is 0 Å². The average molecular weight is 276 g/mol. The predicted molar refractivity (Wildman–Crippen MR) is 83.9 cm³/mol. The quantitative estimate of drug-likeness (QED) is 0.864. The Morgan fingerprint density at radius 3 is 2.70 bits per heavy atom. The maximum absolute atomic E-state index is 5.87. The Morgan fingerprint density at radius 2 is 2.05 bits per heavy atom. The van der Waals surface area contributed by atoms with E-state index in [0.29, 0.717) is 18.1 Å². The third-order valence-corrected chi connectivity index (χ3v) is 4.06. The minimum atomic E-state index is 0.314. The summed E-state index contributed by atoms with van der Waals surface area (Å²) in [6, 6.07) is 11.1. The topological polar surface area (TPSA) is 24.5 Å². The molecule has 1 heterocycles. The Bertz CT molecular complexity index is 380. The number of nitrogens with one attached hydrogen (secondary N) is 1. The molecule has 1 fully saturated rings. The molecule has 2 unspecified atom stereocenters. The Kier molecular flexibility index (Phi) is 6.02. The first kappa shape index (κ1) is 15.5. The third kappa shape index (κ3) is 4.30. The third-order valence-electron chi connectivity index (χ3n) is 4.06.